The maximum Gasteiger partial charge on any atom is 0.269 e. The summed E-state index contributed by atoms with van der Waals surface area (Å²) in [7, 11) is 0. The summed E-state index contributed by atoms with van der Waals surface area (Å²) in [4.78, 5) is 16.5. The van der Waals surface area contributed by atoms with Gasteiger partial charge < -0.3 is 10.1 Å². The number of amides is 1. The first-order valence-corrected chi connectivity index (χ1v) is 9.86. The molecule has 6 nitrogen and oxygen atoms in total. The van der Waals surface area contributed by atoms with Gasteiger partial charge in [-0.05, 0) is 35.9 Å². The summed E-state index contributed by atoms with van der Waals surface area (Å²) in [5.41, 5.74) is 5.19. The van der Waals surface area contributed by atoms with Crippen LogP contribution in [0.2, 0.25) is 0 Å². The van der Waals surface area contributed by atoms with Gasteiger partial charge in [-0.3, -0.25) is 14.5 Å². The number of nitrogens with one attached hydrogen (secondary N) is 1. The fraction of sp³-hybridized carbons (Fsp3) is 0.125. The van der Waals surface area contributed by atoms with E-state index in [1.165, 1.54) is 0 Å². The highest BCUT2D eigenvalue weighted by molar-refractivity contribution is 5.94. The number of carbonyl (C=O) groups is 1. The van der Waals surface area contributed by atoms with E-state index in [0.29, 0.717) is 25.4 Å². The smallest absolute Gasteiger partial charge is 0.269 e. The summed E-state index contributed by atoms with van der Waals surface area (Å²) in [6.45, 7) is 1.80. The standard InChI is InChI=1S/C24H20N4O2/c29-24-23-15-22(27-28(23)12-11-26-24)19-9-10-25-21(14-19)18-7-4-8-20(13-18)30-16-17-5-2-1-3-6-17/h1-10,13-15H,11-12,16H2,(H,26,29). The van der Waals surface area contributed by atoms with Crippen molar-refractivity contribution >= 4 is 5.91 Å². The summed E-state index contributed by atoms with van der Waals surface area (Å²) in [5, 5.41) is 7.43. The second-order valence-corrected chi connectivity index (χ2v) is 7.13. The SMILES string of the molecule is O=C1NCCn2nc(-c3ccnc(-c4cccc(OCc5ccccc5)c4)c3)cc21. The number of fused-ring (bicyclic) bond motifs is 1. The van der Waals surface area contributed by atoms with Crippen molar-refractivity contribution in [3.8, 4) is 28.3 Å². The number of aromatic nitrogens is 3. The lowest BCUT2D eigenvalue weighted by Gasteiger charge is -2.13. The average Bonchev–Trinajstić information content (AvgIpc) is 3.25. The van der Waals surface area contributed by atoms with Gasteiger partial charge in [0.25, 0.3) is 5.91 Å². The zero-order valence-electron chi connectivity index (χ0n) is 16.3. The predicted octanol–water partition coefficient (Wildman–Crippen LogP) is 3.93. The Morgan fingerprint density at radius 1 is 0.933 bits per heavy atom. The molecule has 30 heavy (non-hydrogen) atoms. The molecule has 0 unspecified atom stereocenters. The highest BCUT2D eigenvalue weighted by Gasteiger charge is 2.20. The molecule has 0 radical (unpaired) electrons. The van der Waals surface area contributed by atoms with Crippen LogP contribution in [-0.2, 0) is 13.2 Å². The quantitative estimate of drug-likeness (QED) is 0.555. The molecule has 5 rings (SSSR count). The Kier molecular flexibility index (Phi) is 4.73. The van der Waals surface area contributed by atoms with Crippen molar-refractivity contribution in [1.82, 2.24) is 20.1 Å². The minimum atomic E-state index is -0.0856. The summed E-state index contributed by atoms with van der Waals surface area (Å²) in [6.07, 6.45) is 1.76. The second kappa shape index (κ2) is 7.83. The van der Waals surface area contributed by atoms with Gasteiger partial charge in [-0.25, -0.2) is 0 Å². The van der Waals surface area contributed by atoms with E-state index in [2.05, 4.69) is 15.4 Å². The third-order valence-electron chi connectivity index (χ3n) is 5.06. The van der Waals surface area contributed by atoms with E-state index in [4.69, 9.17) is 4.74 Å². The molecular weight excluding hydrogens is 376 g/mol. The average molecular weight is 396 g/mol. The highest BCUT2D eigenvalue weighted by atomic mass is 16.5. The van der Waals surface area contributed by atoms with Crippen LogP contribution in [0.3, 0.4) is 0 Å². The van der Waals surface area contributed by atoms with E-state index in [-0.39, 0.29) is 5.91 Å². The zero-order valence-corrected chi connectivity index (χ0v) is 16.3. The molecule has 0 aliphatic carbocycles. The van der Waals surface area contributed by atoms with Crippen LogP contribution in [0.4, 0.5) is 0 Å². The number of rotatable bonds is 5. The maximum absolute atomic E-state index is 12.0. The Morgan fingerprint density at radius 3 is 2.67 bits per heavy atom. The predicted molar refractivity (Wildman–Crippen MR) is 114 cm³/mol. The summed E-state index contributed by atoms with van der Waals surface area (Å²) in [5.74, 6) is 0.704. The Labute approximate surface area is 174 Å². The molecule has 6 heteroatoms. The van der Waals surface area contributed by atoms with Crippen LogP contribution in [0.1, 0.15) is 16.1 Å². The van der Waals surface area contributed by atoms with Gasteiger partial charge in [-0.1, -0.05) is 42.5 Å². The Balaban J connectivity index is 1.40. The van der Waals surface area contributed by atoms with E-state index in [1.807, 2.05) is 72.8 Å². The molecule has 0 fully saturated rings. The number of pyridine rings is 1. The van der Waals surface area contributed by atoms with Crippen molar-refractivity contribution in [2.45, 2.75) is 13.2 Å². The number of hydrogen-bond acceptors (Lipinski definition) is 4. The molecule has 0 saturated heterocycles. The molecule has 3 heterocycles. The summed E-state index contributed by atoms with van der Waals surface area (Å²) < 4.78 is 7.70. The van der Waals surface area contributed by atoms with Crippen molar-refractivity contribution < 1.29 is 9.53 Å². The Hall–Kier alpha value is -3.93. The van der Waals surface area contributed by atoms with E-state index in [9.17, 15) is 4.79 Å². The van der Waals surface area contributed by atoms with Crippen LogP contribution in [-0.4, -0.2) is 27.2 Å². The molecule has 1 amide bonds. The maximum atomic E-state index is 12.0. The fourth-order valence-electron chi connectivity index (χ4n) is 3.51. The van der Waals surface area contributed by atoms with Crippen molar-refractivity contribution in [2.75, 3.05) is 6.54 Å². The van der Waals surface area contributed by atoms with Crippen molar-refractivity contribution in [1.29, 1.82) is 0 Å². The summed E-state index contributed by atoms with van der Waals surface area (Å²) >= 11 is 0. The Bertz CT molecular complexity index is 1200. The van der Waals surface area contributed by atoms with Gasteiger partial charge in [0, 0.05) is 23.9 Å². The minimum absolute atomic E-state index is 0.0856. The third kappa shape index (κ3) is 3.67. The van der Waals surface area contributed by atoms with Crippen molar-refractivity contribution in [3.63, 3.8) is 0 Å². The van der Waals surface area contributed by atoms with Gasteiger partial charge in [0.15, 0.2) is 0 Å². The molecule has 1 aliphatic heterocycles. The lowest BCUT2D eigenvalue weighted by Crippen LogP contribution is -2.35. The van der Waals surface area contributed by atoms with Crippen molar-refractivity contribution in [3.05, 3.63) is 90.3 Å². The molecule has 1 aliphatic rings. The first kappa shape index (κ1) is 18.1. The van der Waals surface area contributed by atoms with Gasteiger partial charge >= 0.3 is 0 Å². The topological polar surface area (TPSA) is 69.0 Å². The zero-order chi connectivity index (χ0) is 20.3. The minimum Gasteiger partial charge on any atom is -0.489 e. The fourth-order valence-corrected chi connectivity index (χ4v) is 3.51. The van der Waals surface area contributed by atoms with E-state index in [1.54, 1.807) is 10.9 Å². The molecule has 2 aromatic heterocycles. The second-order valence-electron chi connectivity index (χ2n) is 7.13. The van der Waals surface area contributed by atoms with Crippen molar-refractivity contribution in [2.24, 2.45) is 0 Å². The van der Waals surface area contributed by atoms with E-state index >= 15 is 0 Å². The van der Waals surface area contributed by atoms with Gasteiger partial charge in [-0.2, -0.15) is 5.10 Å². The number of carbonyl (C=O) groups excluding carboxylic acids is 1. The van der Waals surface area contributed by atoms with Crippen LogP contribution in [0.25, 0.3) is 22.5 Å². The van der Waals surface area contributed by atoms with Crippen LogP contribution in [0.5, 0.6) is 5.75 Å². The molecule has 148 valence electrons. The van der Waals surface area contributed by atoms with Gasteiger partial charge in [0.2, 0.25) is 0 Å². The molecule has 0 saturated carbocycles. The third-order valence-corrected chi connectivity index (χ3v) is 5.06. The molecule has 2 aromatic carbocycles. The lowest BCUT2D eigenvalue weighted by atomic mass is 10.1. The molecule has 0 atom stereocenters. The first-order chi connectivity index (χ1) is 14.8. The van der Waals surface area contributed by atoms with Crippen LogP contribution in [0.15, 0.2) is 79.0 Å². The highest BCUT2D eigenvalue weighted by Crippen LogP contribution is 2.27. The van der Waals surface area contributed by atoms with E-state index in [0.717, 1.165) is 33.8 Å². The summed E-state index contributed by atoms with van der Waals surface area (Å²) in [6, 6.07) is 23.7. The van der Waals surface area contributed by atoms with Crippen LogP contribution >= 0.6 is 0 Å². The molecular formula is C24H20N4O2. The molecule has 4 aromatic rings. The lowest BCUT2D eigenvalue weighted by molar-refractivity contribution is 0.0924. The Morgan fingerprint density at radius 2 is 1.80 bits per heavy atom. The molecule has 1 N–H and O–H groups in total. The number of benzene rings is 2. The molecule has 0 bridgehead atoms. The number of hydrogen-bond donors (Lipinski definition) is 1. The largest absolute Gasteiger partial charge is 0.489 e. The number of ether oxygens (including phenoxy) is 1. The van der Waals surface area contributed by atoms with Gasteiger partial charge in [0.1, 0.15) is 18.1 Å². The van der Waals surface area contributed by atoms with Gasteiger partial charge in [0.05, 0.1) is 17.9 Å². The first-order valence-electron chi connectivity index (χ1n) is 9.86. The van der Waals surface area contributed by atoms with Crippen LogP contribution in [0, 0.1) is 0 Å². The molecule has 0 spiro atoms. The normalized spacial score (nSPS) is 12.9. The van der Waals surface area contributed by atoms with E-state index < -0.39 is 0 Å². The van der Waals surface area contributed by atoms with Crippen LogP contribution < -0.4 is 10.1 Å². The van der Waals surface area contributed by atoms with Gasteiger partial charge in [-0.15, -0.1) is 0 Å². The monoisotopic (exact) mass is 396 g/mol. The number of nitrogens with zero attached hydrogens (tertiary/aromatic N) is 3.